The van der Waals surface area contributed by atoms with E-state index in [1.165, 1.54) is 6.33 Å². The first-order valence-corrected chi connectivity index (χ1v) is 2.48. The zero-order valence-corrected chi connectivity index (χ0v) is 4.93. The maximum Gasteiger partial charge on any atom is 0.183 e. The van der Waals surface area contributed by atoms with Crippen molar-refractivity contribution in [1.82, 2.24) is 9.97 Å². The number of rotatable bonds is 1. The minimum Gasteiger partial charge on any atom is -0.371 e. The summed E-state index contributed by atoms with van der Waals surface area (Å²) in [7, 11) is 1.60. The Morgan fingerprint density at radius 2 is 2.56 bits per heavy atom. The number of nitrogens with one attached hydrogen (secondary N) is 1. The monoisotopic (exact) mass is 129 g/mol. The highest BCUT2D eigenvalue weighted by Crippen LogP contribution is 2.03. The molecule has 1 rings (SSSR count). The van der Waals surface area contributed by atoms with Crippen LogP contribution in [0, 0.1) is 5.82 Å². The van der Waals surface area contributed by atoms with Crippen molar-refractivity contribution in [2.45, 2.75) is 0 Å². The maximum absolute atomic E-state index is 12.4. The van der Waals surface area contributed by atoms with Crippen LogP contribution in [0.2, 0.25) is 0 Å². The smallest absolute Gasteiger partial charge is 0.183 e. The molecule has 0 aliphatic carbocycles. The van der Waals surface area contributed by atoms with Gasteiger partial charge in [0, 0.05) is 8.47 Å². The number of anilines is 1. The highest BCUT2D eigenvalue weighted by Gasteiger charge is 1.96. The summed E-state index contributed by atoms with van der Waals surface area (Å²) in [6, 6.07) is 0. The van der Waals surface area contributed by atoms with Crippen molar-refractivity contribution in [2.24, 2.45) is 0 Å². The van der Waals surface area contributed by atoms with Crippen LogP contribution in [-0.4, -0.2) is 17.0 Å². The van der Waals surface area contributed by atoms with Gasteiger partial charge >= 0.3 is 0 Å². The maximum atomic E-state index is 12.4. The Kier molecular flexibility index (Phi) is 1.58. The van der Waals surface area contributed by atoms with Gasteiger partial charge in [0.15, 0.2) is 11.6 Å². The zero-order chi connectivity index (χ0) is 6.69. The van der Waals surface area contributed by atoms with Gasteiger partial charge < -0.3 is 5.32 Å². The van der Waals surface area contributed by atoms with Gasteiger partial charge in [-0.25, -0.2) is 14.4 Å². The average Bonchev–Trinajstić information content (AvgIpc) is 1.89. The van der Waals surface area contributed by atoms with E-state index in [0.29, 0.717) is 0 Å². The molecule has 0 aliphatic rings. The van der Waals surface area contributed by atoms with Crippen molar-refractivity contribution in [3.63, 3.8) is 0 Å². The molecule has 1 aromatic rings. The summed E-state index contributed by atoms with van der Waals surface area (Å²) >= 11 is 0. The highest BCUT2D eigenvalue weighted by molar-refractivity contribution is 5.32. The van der Waals surface area contributed by atoms with E-state index in [1.54, 1.807) is 7.05 Å². The Bertz CT molecular complexity index is 206. The van der Waals surface area contributed by atoms with Crippen LogP contribution in [0.1, 0.15) is 1.43 Å². The SMILES string of the molecule is CNc1ncncc1F.[HH]. The molecule has 4 heteroatoms. The Hall–Kier alpha value is -1.19. The summed E-state index contributed by atoms with van der Waals surface area (Å²) in [6.45, 7) is 0. The van der Waals surface area contributed by atoms with Crippen LogP contribution >= 0.6 is 0 Å². The number of nitrogens with zero attached hydrogens (tertiary/aromatic N) is 2. The molecule has 0 amide bonds. The second-order valence-corrected chi connectivity index (χ2v) is 1.47. The molecule has 0 aromatic carbocycles. The fraction of sp³-hybridized carbons (Fsp3) is 0.200. The van der Waals surface area contributed by atoms with Crippen LogP contribution < -0.4 is 5.32 Å². The van der Waals surface area contributed by atoms with Gasteiger partial charge in [-0.05, 0) is 0 Å². The fourth-order valence-electron chi connectivity index (χ4n) is 0.497. The van der Waals surface area contributed by atoms with Gasteiger partial charge in [0.2, 0.25) is 0 Å². The first-order valence-electron chi connectivity index (χ1n) is 2.48. The van der Waals surface area contributed by atoms with Gasteiger partial charge in [0.05, 0.1) is 6.20 Å². The second kappa shape index (κ2) is 2.39. The molecule has 1 aromatic heterocycles. The third kappa shape index (κ3) is 1.13. The summed E-state index contributed by atoms with van der Waals surface area (Å²) in [5.74, 6) is -0.204. The Balaban J connectivity index is 0.000000810. The molecule has 0 bridgehead atoms. The molecule has 0 saturated carbocycles. The highest BCUT2D eigenvalue weighted by atomic mass is 19.1. The molecule has 0 radical (unpaired) electrons. The van der Waals surface area contributed by atoms with Gasteiger partial charge in [0.25, 0.3) is 0 Å². The second-order valence-electron chi connectivity index (χ2n) is 1.47. The molecule has 3 nitrogen and oxygen atoms in total. The first-order chi connectivity index (χ1) is 4.34. The Morgan fingerprint density at radius 3 is 3.00 bits per heavy atom. The molecule has 50 valence electrons. The topological polar surface area (TPSA) is 37.8 Å². The van der Waals surface area contributed by atoms with E-state index in [9.17, 15) is 4.39 Å². The molecule has 1 N–H and O–H groups in total. The summed E-state index contributed by atoms with van der Waals surface area (Å²) in [5, 5.41) is 2.57. The normalized spacial score (nSPS) is 9.11. The molecular formula is C5H8FN3. The fourth-order valence-corrected chi connectivity index (χ4v) is 0.497. The van der Waals surface area contributed by atoms with Gasteiger partial charge in [-0.1, -0.05) is 0 Å². The van der Waals surface area contributed by atoms with E-state index in [4.69, 9.17) is 0 Å². The van der Waals surface area contributed by atoms with E-state index >= 15 is 0 Å². The Labute approximate surface area is 53.4 Å². The average molecular weight is 129 g/mol. The summed E-state index contributed by atoms with van der Waals surface area (Å²) in [4.78, 5) is 7.07. The Morgan fingerprint density at radius 1 is 1.78 bits per heavy atom. The van der Waals surface area contributed by atoms with Crippen molar-refractivity contribution in [1.29, 1.82) is 0 Å². The summed E-state index contributed by atoms with van der Waals surface area (Å²) in [5.41, 5.74) is 0. The van der Waals surface area contributed by atoms with Crippen molar-refractivity contribution in [2.75, 3.05) is 12.4 Å². The van der Waals surface area contributed by atoms with Crippen LogP contribution in [0.3, 0.4) is 0 Å². The van der Waals surface area contributed by atoms with Gasteiger partial charge in [-0.3, -0.25) is 0 Å². The van der Waals surface area contributed by atoms with E-state index in [-0.39, 0.29) is 7.24 Å². The lowest BCUT2D eigenvalue weighted by atomic mass is 10.5. The van der Waals surface area contributed by atoms with Crippen molar-refractivity contribution in [3.05, 3.63) is 18.3 Å². The molecule has 0 atom stereocenters. The standard InChI is InChI=1S/C5H6FN3.H2/c1-7-5-4(6)2-8-3-9-5;/h2-3H,1H3,(H,7,8,9);1H. The molecule has 1 heterocycles. The third-order valence-corrected chi connectivity index (χ3v) is 0.904. The molecule has 0 saturated heterocycles. The van der Waals surface area contributed by atoms with E-state index in [0.717, 1.165) is 6.20 Å². The van der Waals surface area contributed by atoms with Gasteiger partial charge in [0.1, 0.15) is 6.33 Å². The van der Waals surface area contributed by atoms with E-state index < -0.39 is 5.82 Å². The molecule has 9 heavy (non-hydrogen) atoms. The first kappa shape index (κ1) is 5.94. The van der Waals surface area contributed by atoms with Gasteiger partial charge in [-0.15, -0.1) is 0 Å². The quantitative estimate of drug-likeness (QED) is 0.612. The lowest BCUT2D eigenvalue weighted by molar-refractivity contribution is 0.618. The summed E-state index contributed by atoms with van der Waals surface area (Å²) in [6.07, 6.45) is 2.40. The molecule has 0 aliphatic heterocycles. The van der Waals surface area contributed by atoms with E-state index in [1.807, 2.05) is 0 Å². The molecule has 0 fully saturated rings. The number of hydrogen-bond acceptors (Lipinski definition) is 3. The lowest BCUT2D eigenvalue weighted by Crippen LogP contribution is -1.95. The van der Waals surface area contributed by atoms with E-state index in [2.05, 4.69) is 15.3 Å². The van der Waals surface area contributed by atoms with Crippen molar-refractivity contribution >= 4 is 5.82 Å². The predicted octanol–water partition coefficient (Wildman–Crippen LogP) is 0.903. The molecular weight excluding hydrogens is 121 g/mol. The van der Waals surface area contributed by atoms with Crippen molar-refractivity contribution in [3.8, 4) is 0 Å². The minimum absolute atomic E-state index is 0. The summed E-state index contributed by atoms with van der Waals surface area (Å²) < 4.78 is 12.4. The van der Waals surface area contributed by atoms with Crippen LogP contribution in [0.15, 0.2) is 12.5 Å². The van der Waals surface area contributed by atoms with Crippen LogP contribution in [0.4, 0.5) is 10.2 Å². The number of hydrogen-bond donors (Lipinski definition) is 1. The molecule has 0 spiro atoms. The predicted molar refractivity (Wildman–Crippen MR) is 33.7 cm³/mol. The molecule has 0 unspecified atom stereocenters. The van der Waals surface area contributed by atoms with Crippen LogP contribution in [-0.2, 0) is 0 Å². The number of aromatic nitrogens is 2. The lowest BCUT2D eigenvalue weighted by Gasteiger charge is -1.95. The zero-order valence-electron chi connectivity index (χ0n) is 4.93. The van der Waals surface area contributed by atoms with Crippen LogP contribution in [0.25, 0.3) is 0 Å². The van der Waals surface area contributed by atoms with Crippen LogP contribution in [0.5, 0.6) is 0 Å². The largest absolute Gasteiger partial charge is 0.371 e. The minimum atomic E-state index is -0.431. The van der Waals surface area contributed by atoms with Gasteiger partial charge in [-0.2, -0.15) is 0 Å². The number of halogens is 1. The van der Waals surface area contributed by atoms with Crippen molar-refractivity contribution < 1.29 is 5.82 Å². The third-order valence-electron chi connectivity index (χ3n) is 0.904.